The number of fused-ring (bicyclic) bond motifs is 3. The summed E-state index contributed by atoms with van der Waals surface area (Å²) < 4.78 is 0. The molecule has 0 aliphatic carbocycles. The second-order valence-electron chi connectivity index (χ2n) is 4.43. The van der Waals surface area contributed by atoms with Gasteiger partial charge in [-0.15, -0.1) is 6.58 Å². The molecular weight excluding hydrogens is 196 g/mol. The Kier molecular flexibility index (Phi) is 2.29. The van der Waals surface area contributed by atoms with Crippen molar-refractivity contribution in [3.8, 4) is 0 Å². The van der Waals surface area contributed by atoms with Crippen molar-refractivity contribution in [2.45, 2.75) is 25.4 Å². The highest BCUT2D eigenvalue weighted by molar-refractivity contribution is 5.84. The summed E-state index contributed by atoms with van der Waals surface area (Å²) >= 11 is 0. The Balaban J connectivity index is 2.02. The first kappa shape index (κ1) is 9.67. The summed E-state index contributed by atoms with van der Waals surface area (Å²) in [4.78, 5) is 3.53. The lowest BCUT2D eigenvalue weighted by Crippen LogP contribution is -2.34. The van der Waals surface area contributed by atoms with Gasteiger partial charge >= 0.3 is 0 Å². The third-order valence-electron chi connectivity index (χ3n) is 3.37. The van der Waals surface area contributed by atoms with E-state index in [1.54, 1.807) is 0 Å². The molecule has 1 aliphatic rings. The van der Waals surface area contributed by atoms with E-state index in [4.69, 9.17) is 0 Å². The zero-order valence-corrected chi connectivity index (χ0v) is 9.29. The van der Waals surface area contributed by atoms with Gasteiger partial charge in [0.15, 0.2) is 0 Å². The molecule has 0 fully saturated rings. The highest BCUT2D eigenvalue weighted by Gasteiger charge is 2.20. The first-order chi connectivity index (χ1) is 7.88. The van der Waals surface area contributed by atoms with Gasteiger partial charge in [-0.2, -0.15) is 0 Å². The van der Waals surface area contributed by atoms with Crippen molar-refractivity contribution in [1.82, 2.24) is 10.3 Å². The standard InChI is InChI=1S/C14H16N2/c1-2-5-10-8-14-12(9-15-10)11-6-3-4-7-13(11)16-14/h2-4,6-7,10,15-16H,1,5,8-9H2. The molecule has 1 atom stereocenters. The van der Waals surface area contributed by atoms with Crippen LogP contribution in [0.25, 0.3) is 10.9 Å². The Labute approximate surface area is 95.4 Å². The van der Waals surface area contributed by atoms with Gasteiger partial charge in [0, 0.05) is 35.6 Å². The molecule has 82 valence electrons. The van der Waals surface area contributed by atoms with Gasteiger partial charge in [-0.1, -0.05) is 24.3 Å². The summed E-state index contributed by atoms with van der Waals surface area (Å²) in [6, 6.07) is 9.07. The number of aromatic nitrogens is 1. The monoisotopic (exact) mass is 212 g/mol. The van der Waals surface area contributed by atoms with E-state index in [-0.39, 0.29) is 0 Å². The molecule has 3 rings (SSSR count). The second-order valence-corrected chi connectivity index (χ2v) is 4.43. The number of nitrogens with one attached hydrogen (secondary N) is 2. The van der Waals surface area contributed by atoms with Crippen LogP contribution in [0.15, 0.2) is 36.9 Å². The molecule has 1 aromatic heterocycles. The summed E-state index contributed by atoms with van der Waals surface area (Å²) in [5, 5.41) is 4.93. The predicted molar refractivity (Wildman–Crippen MR) is 67.4 cm³/mol. The van der Waals surface area contributed by atoms with Gasteiger partial charge in [0.25, 0.3) is 0 Å². The van der Waals surface area contributed by atoms with E-state index in [9.17, 15) is 0 Å². The van der Waals surface area contributed by atoms with Crippen LogP contribution in [0.2, 0.25) is 0 Å². The average molecular weight is 212 g/mol. The molecule has 16 heavy (non-hydrogen) atoms. The van der Waals surface area contributed by atoms with E-state index in [0.29, 0.717) is 6.04 Å². The Bertz CT molecular complexity index is 525. The number of aromatic amines is 1. The molecule has 0 spiro atoms. The van der Waals surface area contributed by atoms with Crippen LogP contribution in [0.1, 0.15) is 17.7 Å². The largest absolute Gasteiger partial charge is 0.358 e. The summed E-state index contributed by atoms with van der Waals surface area (Å²) in [5.41, 5.74) is 4.09. The average Bonchev–Trinajstić information content (AvgIpc) is 2.67. The van der Waals surface area contributed by atoms with Crippen LogP contribution in [0.4, 0.5) is 0 Å². The minimum Gasteiger partial charge on any atom is -0.358 e. The number of H-pyrrole nitrogens is 1. The van der Waals surface area contributed by atoms with E-state index in [1.807, 2.05) is 6.08 Å². The Morgan fingerprint density at radius 2 is 2.25 bits per heavy atom. The second kappa shape index (κ2) is 3.80. The van der Waals surface area contributed by atoms with Crippen molar-refractivity contribution in [2.75, 3.05) is 0 Å². The minimum absolute atomic E-state index is 0.540. The van der Waals surface area contributed by atoms with E-state index in [2.05, 4.69) is 41.1 Å². The van der Waals surface area contributed by atoms with Crippen LogP contribution in [0, 0.1) is 0 Å². The molecule has 0 bridgehead atoms. The van der Waals surface area contributed by atoms with Crippen molar-refractivity contribution < 1.29 is 0 Å². The molecule has 0 amide bonds. The summed E-state index contributed by atoms with van der Waals surface area (Å²) in [6.45, 7) is 4.77. The fraction of sp³-hybridized carbons (Fsp3) is 0.286. The van der Waals surface area contributed by atoms with Crippen molar-refractivity contribution in [1.29, 1.82) is 0 Å². The van der Waals surface area contributed by atoms with Gasteiger partial charge in [0.1, 0.15) is 0 Å². The lowest BCUT2D eigenvalue weighted by Gasteiger charge is -2.22. The van der Waals surface area contributed by atoms with Crippen LogP contribution >= 0.6 is 0 Å². The highest BCUT2D eigenvalue weighted by Crippen LogP contribution is 2.26. The predicted octanol–water partition coefficient (Wildman–Crippen LogP) is 2.76. The molecule has 1 aliphatic heterocycles. The number of hydrogen-bond donors (Lipinski definition) is 2. The third-order valence-corrected chi connectivity index (χ3v) is 3.37. The highest BCUT2D eigenvalue weighted by atomic mass is 14.9. The molecule has 2 aromatic rings. The zero-order chi connectivity index (χ0) is 11.0. The van der Waals surface area contributed by atoms with Crippen molar-refractivity contribution in [2.24, 2.45) is 0 Å². The normalized spacial score (nSPS) is 19.6. The molecule has 0 saturated heterocycles. The molecule has 2 N–H and O–H groups in total. The van der Waals surface area contributed by atoms with Gasteiger partial charge in [-0.3, -0.25) is 0 Å². The smallest absolute Gasteiger partial charge is 0.0459 e. The van der Waals surface area contributed by atoms with Crippen LogP contribution in [-0.4, -0.2) is 11.0 Å². The quantitative estimate of drug-likeness (QED) is 0.736. The lowest BCUT2D eigenvalue weighted by atomic mass is 9.99. The number of rotatable bonds is 2. The molecule has 1 aromatic carbocycles. The van der Waals surface area contributed by atoms with E-state index in [0.717, 1.165) is 19.4 Å². The van der Waals surface area contributed by atoms with E-state index in [1.165, 1.54) is 22.2 Å². The summed E-state index contributed by atoms with van der Waals surface area (Å²) in [6.07, 6.45) is 4.11. The number of para-hydroxylation sites is 1. The maximum absolute atomic E-state index is 3.80. The topological polar surface area (TPSA) is 27.8 Å². The molecule has 2 heteroatoms. The fourth-order valence-electron chi connectivity index (χ4n) is 2.56. The van der Waals surface area contributed by atoms with E-state index < -0.39 is 0 Å². The Morgan fingerprint density at radius 1 is 1.38 bits per heavy atom. The molecular formula is C14H16N2. The maximum atomic E-state index is 3.80. The fourth-order valence-corrected chi connectivity index (χ4v) is 2.56. The maximum Gasteiger partial charge on any atom is 0.0459 e. The molecule has 0 saturated carbocycles. The minimum atomic E-state index is 0.540. The van der Waals surface area contributed by atoms with Crippen molar-refractivity contribution in [3.63, 3.8) is 0 Å². The number of benzene rings is 1. The lowest BCUT2D eigenvalue weighted by molar-refractivity contribution is 0.481. The van der Waals surface area contributed by atoms with E-state index >= 15 is 0 Å². The zero-order valence-electron chi connectivity index (χ0n) is 9.29. The SMILES string of the molecule is C=CCC1Cc2[nH]c3ccccc3c2CN1. The number of hydrogen-bond acceptors (Lipinski definition) is 1. The Morgan fingerprint density at radius 3 is 3.12 bits per heavy atom. The van der Waals surface area contributed by atoms with Crippen LogP contribution in [0.3, 0.4) is 0 Å². The third kappa shape index (κ3) is 1.46. The van der Waals surface area contributed by atoms with Crippen LogP contribution in [0.5, 0.6) is 0 Å². The molecule has 1 unspecified atom stereocenters. The van der Waals surface area contributed by atoms with Gasteiger partial charge in [-0.25, -0.2) is 0 Å². The van der Waals surface area contributed by atoms with Crippen LogP contribution in [-0.2, 0) is 13.0 Å². The van der Waals surface area contributed by atoms with Crippen LogP contribution < -0.4 is 5.32 Å². The molecule has 2 heterocycles. The van der Waals surface area contributed by atoms with Gasteiger partial charge < -0.3 is 10.3 Å². The van der Waals surface area contributed by atoms with Crippen molar-refractivity contribution in [3.05, 3.63) is 48.2 Å². The van der Waals surface area contributed by atoms with Gasteiger partial charge in [0.05, 0.1) is 0 Å². The van der Waals surface area contributed by atoms with Crippen molar-refractivity contribution >= 4 is 10.9 Å². The first-order valence-corrected chi connectivity index (χ1v) is 5.81. The van der Waals surface area contributed by atoms with Gasteiger partial charge in [0.2, 0.25) is 0 Å². The van der Waals surface area contributed by atoms with Gasteiger partial charge in [-0.05, 0) is 18.1 Å². The summed E-state index contributed by atoms with van der Waals surface area (Å²) in [5.74, 6) is 0. The molecule has 0 radical (unpaired) electrons. The molecule has 2 nitrogen and oxygen atoms in total. The Hall–Kier alpha value is -1.54. The first-order valence-electron chi connectivity index (χ1n) is 5.81. The summed E-state index contributed by atoms with van der Waals surface area (Å²) in [7, 11) is 0.